The van der Waals surface area contributed by atoms with E-state index in [0.29, 0.717) is 5.92 Å². The minimum Gasteiger partial charge on any atom is -0.387 e. The quantitative estimate of drug-likeness (QED) is 0.748. The molecule has 3 aromatic rings. The van der Waals surface area contributed by atoms with Gasteiger partial charge in [-0.2, -0.15) is 0 Å². The molecule has 0 spiro atoms. The molecule has 6 nitrogen and oxygen atoms in total. The SMILES string of the molecule is C[C@H](O)c1cccc(N2CCC(c3nccn3Cc3cscn3)CC2)n1. The third-order valence-electron chi connectivity index (χ3n) is 4.93. The van der Waals surface area contributed by atoms with Crippen LogP contribution in [0, 0.1) is 0 Å². The number of aromatic nitrogens is 4. The molecule has 0 aromatic carbocycles. The van der Waals surface area contributed by atoms with Crippen LogP contribution in [0.25, 0.3) is 0 Å². The van der Waals surface area contributed by atoms with Gasteiger partial charge in [-0.1, -0.05) is 6.07 Å². The molecule has 3 aromatic heterocycles. The van der Waals surface area contributed by atoms with Gasteiger partial charge >= 0.3 is 0 Å². The minimum atomic E-state index is -0.536. The summed E-state index contributed by atoms with van der Waals surface area (Å²) in [6, 6.07) is 5.86. The number of nitrogens with zero attached hydrogens (tertiary/aromatic N) is 5. The zero-order valence-electron chi connectivity index (χ0n) is 14.8. The number of aliphatic hydroxyl groups excluding tert-OH is 1. The average molecular weight is 369 g/mol. The van der Waals surface area contributed by atoms with E-state index in [-0.39, 0.29) is 0 Å². The number of thiazole rings is 1. The van der Waals surface area contributed by atoms with E-state index < -0.39 is 6.10 Å². The first-order valence-electron chi connectivity index (χ1n) is 8.99. The van der Waals surface area contributed by atoms with Crippen LogP contribution in [0.1, 0.15) is 49.0 Å². The van der Waals surface area contributed by atoms with Crippen molar-refractivity contribution in [2.24, 2.45) is 0 Å². The van der Waals surface area contributed by atoms with Crippen LogP contribution in [0.15, 0.2) is 41.5 Å². The van der Waals surface area contributed by atoms with Crippen LogP contribution in [-0.2, 0) is 6.54 Å². The second kappa shape index (κ2) is 7.55. The summed E-state index contributed by atoms with van der Waals surface area (Å²) in [4.78, 5) is 15.9. The number of pyridine rings is 1. The predicted molar refractivity (Wildman–Crippen MR) is 103 cm³/mol. The number of aliphatic hydroxyl groups is 1. The predicted octanol–water partition coefficient (Wildman–Crippen LogP) is 3.22. The first kappa shape index (κ1) is 17.2. The fraction of sp³-hybridized carbons (Fsp3) is 0.421. The second-order valence-corrected chi connectivity index (χ2v) is 7.47. The number of anilines is 1. The van der Waals surface area contributed by atoms with Gasteiger partial charge in [0.05, 0.1) is 29.5 Å². The number of piperidine rings is 1. The molecule has 1 aliphatic heterocycles. The highest BCUT2D eigenvalue weighted by molar-refractivity contribution is 7.07. The molecule has 1 N–H and O–H groups in total. The van der Waals surface area contributed by atoms with Crippen LogP contribution >= 0.6 is 11.3 Å². The van der Waals surface area contributed by atoms with E-state index in [2.05, 4.69) is 36.0 Å². The average Bonchev–Trinajstić information content (AvgIpc) is 3.34. The summed E-state index contributed by atoms with van der Waals surface area (Å²) in [5.74, 6) is 2.57. The third-order valence-corrected chi connectivity index (χ3v) is 5.57. The van der Waals surface area contributed by atoms with Crippen molar-refractivity contribution in [3.05, 3.63) is 58.7 Å². The van der Waals surface area contributed by atoms with Crippen LogP contribution in [0.4, 0.5) is 5.82 Å². The van der Waals surface area contributed by atoms with Gasteiger partial charge in [-0.25, -0.2) is 15.0 Å². The van der Waals surface area contributed by atoms with Crippen LogP contribution in [0.3, 0.4) is 0 Å². The van der Waals surface area contributed by atoms with Crippen molar-refractivity contribution in [3.63, 3.8) is 0 Å². The molecular weight excluding hydrogens is 346 g/mol. The van der Waals surface area contributed by atoms with Gasteiger partial charge in [0.15, 0.2) is 0 Å². The topological polar surface area (TPSA) is 67.1 Å². The smallest absolute Gasteiger partial charge is 0.128 e. The zero-order valence-corrected chi connectivity index (χ0v) is 15.6. The van der Waals surface area contributed by atoms with Crippen LogP contribution in [0.2, 0.25) is 0 Å². The normalized spacial score (nSPS) is 16.8. The van der Waals surface area contributed by atoms with E-state index in [1.165, 1.54) is 0 Å². The van der Waals surface area contributed by atoms with E-state index >= 15 is 0 Å². The summed E-state index contributed by atoms with van der Waals surface area (Å²) in [7, 11) is 0. The summed E-state index contributed by atoms with van der Waals surface area (Å²) >= 11 is 1.63. The number of rotatable bonds is 5. The van der Waals surface area contributed by atoms with Crippen molar-refractivity contribution in [1.82, 2.24) is 19.5 Å². The van der Waals surface area contributed by atoms with Crippen molar-refractivity contribution in [2.45, 2.75) is 38.3 Å². The first-order valence-corrected chi connectivity index (χ1v) is 9.93. The zero-order chi connectivity index (χ0) is 17.9. The van der Waals surface area contributed by atoms with E-state index in [1.54, 1.807) is 18.3 Å². The molecule has 0 saturated carbocycles. The molecule has 0 amide bonds. The Labute approximate surface area is 157 Å². The largest absolute Gasteiger partial charge is 0.387 e. The summed E-state index contributed by atoms with van der Waals surface area (Å²) in [5.41, 5.74) is 3.69. The van der Waals surface area contributed by atoms with Crippen LogP contribution in [0.5, 0.6) is 0 Å². The minimum absolute atomic E-state index is 0.458. The molecule has 0 radical (unpaired) electrons. The molecule has 1 atom stereocenters. The van der Waals surface area contributed by atoms with Crippen molar-refractivity contribution in [1.29, 1.82) is 0 Å². The molecule has 1 fully saturated rings. The lowest BCUT2D eigenvalue weighted by Gasteiger charge is -2.33. The van der Waals surface area contributed by atoms with Gasteiger partial charge in [0.25, 0.3) is 0 Å². The Morgan fingerprint density at radius 1 is 1.27 bits per heavy atom. The van der Waals surface area contributed by atoms with Crippen molar-refractivity contribution >= 4 is 17.2 Å². The Morgan fingerprint density at radius 2 is 2.12 bits per heavy atom. The Bertz CT molecular complexity index is 837. The molecule has 4 rings (SSSR count). The molecule has 26 heavy (non-hydrogen) atoms. The number of imidazole rings is 1. The fourth-order valence-corrected chi connectivity index (χ4v) is 4.07. The van der Waals surface area contributed by atoms with E-state index in [1.807, 2.05) is 29.9 Å². The fourth-order valence-electron chi connectivity index (χ4n) is 3.52. The first-order chi connectivity index (χ1) is 12.7. The summed E-state index contributed by atoms with van der Waals surface area (Å²) < 4.78 is 2.22. The van der Waals surface area contributed by atoms with Crippen LogP contribution in [-0.4, -0.2) is 37.7 Å². The lowest BCUT2D eigenvalue weighted by atomic mass is 9.96. The maximum atomic E-state index is 9.75. The summed E-state index contributed by atoms with van der Waals surface area (Å²) in [5, 5.41) is 11.8. The van der Waals surface area contributed by atoms with E-state index in [9.17, 15) is 5.11 Å². The van der Waals surface area contributed by atoms with E-state index in [0.717, 1.165) is 55.5 Å². The van der Waals surface area contributed by atoms with Gasteiger partial charge in [0.1, 0.15) is 11.6 Å². The third kappa shape index (κ3) is 3.64. The second-order valence-electron chi connectivity index (χ2n) is 6.75. The highest BCUT2D eigenvalue weighted by Crippen LogP contribution is 2.29. The Balaban J connectivity index is 1.43. The van der Waals surface area contributed by atoms with Gasteiger partial charge in [-0.15, -0.1) is 11.3 Å². The highest BCUT2D eigenvalue weighted by Gasteiger charge is 2.25. The van der Waals surface area contributed by atoms with Gasteiger partial charge in [-0.3, -0.25) is 0 Å². The van der Waals surface area contributed by atoms with Gasteiger partial charge in [0, 0.05) is 36.8 Å². The maximum absolute atomic E-state index is 9.75. The molecule has 1 aliphatic rings. The molecule has 1 saturated heterocycles. The van der Waals surface area contributed by atoms with E-state index in [4.69, 9.17) is 0 Å². The van der Waals surface area contributed by atoms with Gasteiger partial charge in [-0.05, 0) is 31.9 Å². The summed E-state index contributed by atoms with van der Waals surface area (Å²) in [6.07, 6.45) is 5.51. The standard InChI is InChI=1S/C19H23N5OS/c1-14(25)17-3-2-4-18(22-17)23-8-5-15(6-9-23)19-20-7-10-24(19)11-16-12-26-13-21-16/h2-4,7,10,12-15,25H,5-6,8-9,11H2,1H3/t14-/m0/s1. The monoisotopic (exact) mass is 369 g/mol. The Morgan fingerprint density at radius 3 is 2.85 bits per heavy atom. The summed E-state index contributed by atoms with van der Waals surface area (Å²) in [6.45, 7) is 4.44. The molecule has 4 heterocycles. The lowest BCUT2D eigenvalue weighted by Crippen LogP contribution is -2.34. The number of hydrogen-bond acceptors (Lipinski definition) is 6. The van der Waals surface area contributed by atoms with Crippen molar-refractivity contribution < 1.29 is 5.11 Å². The lowest BCUT2D eigenvalue weighted by molar-refractivity contribution is 0.194. The Kier molecular flexibility index (Phi) is 4.99. The van der Waals surface area contributed by atoms with Gasteiger partial charge < -0.3 is 14.6 Å². The molecule has 7 heteroatoms. The molecule has 0 unspecified atom stereocenters. The molecule has 0 aliphatic carbocycles. The molecule has 136 valence electrons. The van der Waals surface area contributed by atoms with Crippen molar-refractivity contribution in [3.8, 4) is 0 Å². The molecular formula is C19H23N5OS. The Hall–Kier alpha value is -2.25. The highest BCUT2D eigenvalue weighted by atomic mass is 32.1. The molecule has 0 bridgehead atoms. The van der Waals surface area contributed by atoms with Gasteiger partial charge in [0.2, 0.25) is 0 Å². The van der Waals surface area contributed by atoms with Crippen LogP contribution < -0.4 is 4.90 Å². The number of hydrogen-bond donors (Lipinski definition) is 1. The maximum Gasteiger partial charge on any atom is 0.128 e. The van der Waals surface area contributed by atoms with Crippen molar-refractivity contribution in [2.75, 3.05) is 18.0 Å².